The standard InChI is InChI=1S/C19H19ClN4O5/c1-2-29-19(26)22-16(14-6-4-3-5-7-14)11-18(25)23-21-12-13-8-9-15(20)17(10-13)24(27)28/h3-10,12,16H,2,11H2,1H3,(H,22,26)(H,23,25)/b21-12-/t16-/m0/s1. The number of hydrazone groups is 1. The van der Waals surface area contributed by atoms with E-state index in [9.17, 15) is 19.7 Å². The molecule has 29 heavy (non-hydrogen) atoms. The van der Waals surface area contributed by atoms with Crippen LogP contribution in [0, 0.1) is 10.1 Å². The molecule has 0 saturated carbocycles. The van der Waals surface area contributed by atoms with Gasteiger partial charge in [0.25, 0.3) is 5.69 Å². The summed E-state index contributed by atoms with van der Waals surface area (Å²) in [5, 5.41) is 17.4. The molecule has 1 atom stereocenters. The zero-order chi connectivity index (χ0) is 21.2. The number of amides is 2. The van der Waals surface area contributed by atoms with Gasteiger partial charge in [-0.3, -0.25) is 14.9 Å². The molecule has 0 bridgehead atoms. The predicted molar refractivity (Wildman–Crippen MR) is 108 cm³/mol. The second-order valence-electron chi connectivity index (χ2n) is 5.79. The van der Waals surface area contributed by atoms with Crippen LogP contribution in [0.15, 0.2) is 53.6 Å². The topological polar surface area (TPSA) is 123 Å². The van der Waals surface area contributed by atoms with Gasteiger partial charge < -0.3 is 10.1 Å². The Morgan fingerprint density at radius 2 is 2.00 bits per heavy atom. The van der Waals surface area contributed by atoms with Gasteiger partial charge in [0.2, 0.25) is 5.91 Å². The molecule has 10 heteroatoms. The summed E-state index contributed by atoms with van der Waals surface area (Å²) in [6.45, 7) is 1.89. The zero-order valence-corrected chi connectivity index (χ0v) is 16.3. The SMILES string of the molecule is CCOC(=O)N[C@@H](CC(=O)N/N=C\c1ccc(Cl)c([N+](=O)[O-])c1)c1ccccc1. The van der Waals surface area contributed by atoms with Crippen molar-refractivity contribution in [3.63, 3.8) is 0 Å². The lowest BCUT2D eigenvalue weighted by Gasteiger charge is -2.18. The van der Waals surface area contributed by atoms with E-state index in [0.717, 1.165) is 5.56 Å². The minimum absolute atomic E-state index is 0.00642. The molecule has 0 radical (unpaired) electrons. The van der Waals surface area contributed by atoms with E-state index < -0.39 is 23.0 Å². The van der Waals surface area contributed by atoms with Crippen LogP contribution >= 0.6 is 11.6 Å². The molecule has 0 heterocycles. The minimum atomic E-state index is -0.633. The lowest BCUT2D eigenvalue weighted by atomic mass is 10.0. The van der Waals surface area contributed by atoms with Crippen LogP contribution in [-0.2, 0) is 9.53 Å². The Labute approximate surface area is 171 Å². The molecule has 2 aromatic carbocycles. The van der Waals surface area contributed by atoms with Crippen molar-refractivity contribution < 1.29 is 19.2 Å². The quantitative estimate of drug-likeness (QED) is 0.385. The Morgan fingerprint density at radius 3 is 2.66 bits per heavy atom. The van der Waals surface area contributed by atoms with Crippen LogP contribution in [0.2, 0.25) is 5.02 Å². The second kappa shape index (κ2) is 10.8. The number of nitro groups is 1. The lowest BCUT2D eigenvalue weighted by molar-refractivity contribution is -0.384. The first-order valence-corrected chi connectivity index (χ1v) is 9.02. The second-order valence-corrected chi connectivity index (χ2v) is 6.20. The molecule has 0 aliphatic carbocycles. The van der Waals surface area contributed by atoms with E-state index in [-0.39, 0.29) is 23.7 Å². The van der Waals surface area contributed by atoms with Crippen LogP contribution in [0.5, 0.6) is 0 Å². The molecule has 0 fully saturated rings. The molecule has 0 saturated heterocycles. The van der Waals surface area contributed by atoms with Gasteiger partial charge >= 0.3 is 6.09 Å². The third-order valence-corrected chi connectivity index (χ3v) is 4.05. The molecule has 2 amide bonds. The van der Waals surface area contributed by atoms with Crippen molar-refractivity contribution in [3.05, 3.63) is 74.8 Å². The highest BCUT2D eigenvalue weighted by Crippen LogP contribution is 2.24. The highest BCUT2D eigenvalue weighted by atomic mass is 35.5. The van der Waals surface area contributed by atoms with Crippen LogP contribution < -0.4 is 10.7 Å². The van der Waals surface area contributed by atoms with Crippen molar-refractivity contribution >= 4 is 35.5 Å². The smallest absolute Gasteiger partial charge is 0.407 e. The lowest BCUT2D eigenvalue weighted by Crippen LogP contribution is -2.33. The number of ether oxygens (including phenoxy) is 1. The number of nitrogens with one attached hydrogen (secondary N) is 2. The predicted octanol–water partition coefficient (Wildman–Crippen LogP) is 3.58. The summed E-state index contributed by atoms with van der Waals surface area (Å²) in [4.78, 5) is 34.3. The van der Waals surface area contributed by atoms with E-state index in [1.807, 2.05) is 6.07 Å². The van der Waals surface area contributed by atoms with E-state index in [0.29, 0.717) is 5.56 Å². The first-order chi connectivity index (χ1) is 13.9. The van der Waals surface area contributed by atoms with Crippen LogP contribution in [0.25, 0.3) is 0 Å². The van der Waals surface area contributed by atoms with Crippen molar-refractivity contribution in [2.24, 2.45) is 5.10 Å². The summed E-state index contributed by atoms with van der Waals surface area (Å²) >= 11 is 5.75. The molecular formula is C19H19ClN4O5. The Hall–Kier alpha value is -3.46. The zero-order valence-electron chi connectivity index (χ0n) is 15.5. The summed E-state index contributed by atoms with van der Waals surface area (Å²) in [5.41, 5.74) is 3.20. The number of alkyl carbamates (subject to hydrolysis) is 1. The van der Waals surface area contributed by atoms with E-state index in [1.54, 1.807) is 31.2 Å². The van der Waals surface area contributed by atoms with Crippen molar-refractivity contribution in [3.8, 4) is 0 Å². The number of nitrogens with zero attached hydrogens (tertiary/aromatic N) is 2. The van der Waals surface area contributed by atoms with Crippen LogP contribution in [0.3, 0.4) is 0 Å². The molecule has 0 spiro atoms. The van der Waals surface area contributed by atoms with Gasteiger partial charge in [-0.25, -0.2) is 10.2 Å². The molecular weight excluding hydrogens is 400 g/mol. The van der Waals surface area contributed by atoms with Gasteiger partial charge in [-0.15, -0.1) is 0 Å². The largest absolute Gasteiger partial charge is 0.450 e. The van der Waals surface area contributed by atoms with Crippen LogP contribution in [-0.4, -0.2) is 29.7 Å². The molecule has 152 valence electrons. The highest BCUT2D eigenvalue weighted by molar-refractivity contribution is 6.32. The van der Waals surface area contributed by atoms with Gasteiger partial charge in [-0.2, -0.15) is 5.10 Å². The maximum Gasteiger partial charge on any atom is 0.407 e. The summed E-state index contributed by atoms with van der Waals surface area (Å²) in [5.74, 6) is -0.463. The fourth-order valence-electron chi connectivity index (χ4n) is 2.41. The number of halogens is 1. The van der Waals surface area contributed by atoms with E-state index in [1.165, 1.54) is 24.4 Å². The number of hydrogen-bond acceptors (Lipinski definition) is 6. The van der Waals surface area contributed by atoms with Gasteiger partial charge in [-0.05, 0) is 18.6 Å². The monoisotopic (exact) mass is 418 g/mol. The Bertz CT molecular complexity index is 905. The summed E-state index contributed by atoms with van der Waals surface area (Å²) < 4.78 is 4.88. The third-order valence-electron chi connectivity index (χ3n) is 3.73. The van der Waals surface area contributed by atoms with Gasteiger partial charge in [0.05, 0.1) is 30.2 Å². The summed E-state index contributed by atoms with van der Waals surface area (Å²) in [7, 11) is 0. The minimum Gasteiger partial charge on any atom is -0.450 e. The van der Waals surface area contributed by atoms with Crippen molar-refractivity contribution in [1.29, 1.82) is 0 Å². The average molecular weight is 419 g/mol. The Kier molecular flexibility index (Phi) is 8.11. The number of carbonyl (C=O) groups excluding carboxylic acids is 2. The average Bonchev–Trinajstić information content (AvgIpc) is 2.69. The molecule has 2 aromatic rings. The molecule has 0 aromatic heterocycles. The van der Waals surface area contributed by atoms with Crippen molar-refractivity contribution in [2.45, 2.75) is 19.4 Å². The number of nitro benzene ring substituents is 1. The molecule has 0 unspecified atom stereocenters. The normalized spacial score (nSPS) is 11.7. The molecule has 0 aliphatic rings. The maximum atomic E-state index is 12.2. The fourth-order valence-corrected chi connectivity index (χ4v) is 2.60. The molecule has 9 nitrogen and oxygen atoms in total. The van der Waals surface area contributed by atoms with Gasteiger partial charge in [0.15, 0.2) is 0 Å². The number of carbonyl (C=O) groups is 2. The number of hydrogen-bond donors (Lipinski definition) is 2. The number of benzene rings is 2. The third kappa shape index (κ3) is 6.89. The first-order valence-electron chi connectivity index (χ1n) is 8.64. The fraction of sp³-hybridized carbons (Fsp3) is 0.211. The van der Waals surface area contributed by atoms with Gasteiger partial charge in [-0.1, -0.05) is 48.0 Å². The van der Waals surface area contributed by atoms with E-state index in [4.69, 9.17) is 16.3 Å². The van der Waals surface area contributed by atoms with Crippen molar-refractivity contribution in [1.82, 2.24) is 10.7 Å². The van der Waals surface area contributed by atoms with Gasteiger partial charge in [0.1, 0.15) is 5.02 Å². The molecule has 0 aliphatic heterocycles. The summed E-state index contributed by atoms with van der Waals surface area (Å²) in [6, 6.07) is 12.5. The molecule has 2 N–H and O–H groups in total. The maximum absolute atomic E-state index is 12.2. The van der Waals surface area contributed by atoms with E-state index >= 15 is 0 Å². The summed E-state index contributed by atoms with van der Waals surface area (Å²) in [6.07, 6.45) is 0.546. The van der Waals surface area contributed by atoms with Crippen molar-refractivity contribution in [2.75, 3.05) is 6.61 Å². The van der Waals surface area contributed by atoms with E-state index in [2.05, 4.69) is 15.8 Å². The number of rotatable bonds is 8. The van der Waals surface area contributed by atoms with Crippen LogP contribution in [0.1, 0.15) is 30.5 Å². The first kappa shape index (κ1) is 21.8. The highest BCUT2D eigenvalue weighted by Gasteiger charge is 2.19. The van der Waals surface area contributed by atoms with Crippen LogP contribution in [0.4, 0.5) is 10.5 Å². The molecule has 2 rings (SSSR count). The Morgan fingerprint density at radius 1 is 1.28 bits per heavy atom. The Balaban J connectivity index is 2.02. The van der Waals surface area contributed by atoms with Gasteiger partial charge in [0, 0.05) is 11.6 Å².